The molecule has 0 radical (unpaired) electrons. The van der Waals surface area contributed by atoms with Gasteiger partial charge in [0.2, 0.25) is 5.91 Å². The molecule has 3 aliphatic heterocycles. The molecular weight excluding hydrogens is 331 g/mol. The summed E-state index contributed by atoms with van der Waals surface area (Å²) in [6, 6.07) is 0.652. The van der Waals surface area contributed by atoms with Crippen molar-refractivity contribution in [3.8, 4) is 0 Å². The summed E-state index contributed by atoms with van der Waals surface area (Å²) in [6.07, 6.45) is 3.63. The molecule has 0 spiro atoms. The van der Waals surface area contributed by atoms with Crippen LogP contribution in [0, 0.1) is 5.92 Å². The number of piperazine rings is 1. The number of halogens is 3. The highest BCUT2D eigenvalue weighted by atomic mass is 19.4. The quantitative estimate of drug-likeness (QED) is 0.770. The third kappa shape index (κ3) is 5.33. The zero-order valence-corrected chi connectivity index (χ0v) is 14.9. The highest BCUT2D eigenvalue weighted by Crippen LogP contribution is 2.33. The molecule has 0 bridgehead atoms. The summed E-state index contributed by atoms with van der Waals surface area (Å²) in [7, 11) is 0. The molecule has 3 aliphatic rings. The Kier molecular flexibility index (Phi) is 6.25. The maximum Gasteiger partial charge on any atom is 0.401 e. The maximum absolute atomic E-state index is 12.5. The topological polar surface area (TPSA) is 26.8 Å². The second-order valence-electron chi connectivity index (χ2n) is 7.81. The van der Waals surface area contributed by atoms with Gasteiger partial charge in [-0.1, -0.05) is 6.42 Å². The van der Waals surface area contributed by atoms with Crippen LogP contribution < -0.4 is 0 Å². The number of nitrogens with zero attached hydrogens (tertiary/aromatic N) is 3. The Hall–Kier alpha value is -0.820. The van der Waals surface area contributed by atoms with Crippen molar-refractivity contribution in [2.45, 2.75) is 57.2 Å². The fourth-order valence-corrected chi connectivity index (χ4v) is 4.79. The monoisotopic (exact) mass is 361 g/mol. The summed E-state index contributed by atoms with van der Waals surface area (Å²) in [5.74, 6) is 0.740. The fraction of sp³-hybridized carbons (Fsp3) is 0.944. The zero-order chi connectivity index (χ0) is 17.9. The van der Waals surface area contributed by atoms with Crippen LogP contribution in [0.1, 0.15) is 44.9 Å². The third-order valence-electron chi connectivity index (χ3n) is 6.09. The first-order valence-corrected chi connectivity index (χ1v) is 9.73. The molecule has 0 aromatic rings. The van der Waals surface area contributed by atoms with Crippen molar-refractivity contribution < 1.29 is 18.0 Å². The van der Waals surface area contributed by atoms with Gasteiger partial charge in [0.15, 0.2) is 0 Å². The molecule has 4 nitrogen and oxygen atoms in total. The Morgan fingerprint density at radius 1 is 0.920 bits per heavy atom. The SMILES string of the molecule is O=C(CC[C@@H]1CCCN2CCCC[C@H]12)N1CCN(CC(F)(F)F)CC1. The second kappa shape index (κ2) is 8.25. The zero-order valence-electron chi connectivity index (χ0n) is 14.9. The number of carbonyl (C=O) groups is 1. The normalized spacial score (nSPS) is 29.5. The first-order valence-electron chi connectivity index (χ1n) is 9.73. The van der Waals surface area contributed by atoms with Crippen LogP contribution in [-0.4, -0.2) is 78.6 Å². The van der Waals surface area contributed by atoms with E-state index in [2.05, 4.69) is 4.90 Å². The van der Waals surface area contributed by atoms with E-state index in [1.54, 1.807) is 4.90 Å². The van der Waals surface area contributed by atoms with Crippen molar-refractivity contribution in [2.24, 2.45) is 5.92 Å². The largest absolute Gasteiger partial charge is 0.401 e. The molecule has 0 aromatic heterocycles. The van der Waals surface area contributed by atoms with E-state index in [-0.39, 0.29) is 5.91 Å². The highest BCUT2D eigenvalue weighted by Gasteiger charge is 2.35. The number of amides is 1. The van der Waals surface area contributed by atoms with Gasteiger partial charge < -0.3 is 9.80 Å². The van der Waals surface area contributed by atoms with E-state index in [0.717, 1.165) is 6.42 Å². The smallest absolute Gasteiger partial charge is 0.340 e. The van der Waals surface area contributed by atoms with Crippen molar-refractivity contribution >= 4 is 5.91 Å². The van der Waals surface area contributed by atoms with Crippen molar-refractivity contribution in [1.29, 1.82) is 0 Å². The highest BCUT2D eigenvalue weighted by molar-refractivity contribution is 5.76. The van der Waals surface area contributed by atoms with Gasteiger partial charge in [-0.15, -0.1) is 0 Å². The molecule has 0 N–H and O–H groups in total. The van der Waals surface area contributed by atoms with Crippen molar-refractivity contribution in [1.82, 2.24) is 14.7 Å². The van der Waals surface area contributed by atoms with Crippen LogP contribution in [0.25, 0.3) is 0 Å². The maximum atomic E-state index is 12.5. The van der Waals surface area contributed by atoms with E-state index in [0.29, 0.717) is 44.6 Å². The summed E-state index contributed by atoms with van der Waals surface area (Å²) in [4.78, 5) is 18.2. The average molecular weight is 361 g/mol. The predicted octanol–water partition coefficient (Wildman–Crippen LogP) is 2.74. The number of alkyl halides is 3. The summed E-state index contributed by atoms with van der Waals surface area (Å²) >= 11 is 0. The summed E-state index contributed by atoms with van der Waals surface area (Å²) < 4.78 is 37.3. The van der Waals surface area contributed by atoms with Crippen LogP contribution in [0.5, 0.6) is 0 Å². The molecule has 25 heavy (non-hydrogen) atoms. The predicted molar refractivity (Wildman–Crippen MR) is 90.2 cm³/mol. The Morgan fingerprint density at radius 2 is 1.64 bits per heavy atom. The second-order valence-corrected chi connectivity index (χ2v) is 7.81. The van der Waals surface area contributed by atoms with Crippen LogP contribution >= 0.6 is 0 Å². The molecule has 1 amide bonds. The number of hydrogen-bond donors (Lipinski definition) is 0. The molecule has 3 fully saturated rings. The Morgan fingerprint density at radius 3 is 2.36 bits per heavy atom. The van der Waals surface area contributed by atoms with Crippen LogP contribution in [0.3, 0.4) is 0 Å². The molecular formula is C18H30F3N3O. The summed E-state index contributed by atoms with van der Waals surface area (Å²) in [5.41, 5.74) is 0. The lowest BCUT2D eigenvalue weighted by Crippen LogP contribution is -2.51. The molecule has 3 saturated heterocycles. The van der Waals surface area contributed by atoms with E-state index in [1.807, 2.05) is 0 Å². The summed E-state index contributed by atoms with van der Waals surface area (Å²) in [6.45, 7) is 3.04. The minimum Gasteiger partial charge on any atom is -0.340 e. The first-order chi connectivity index (χ1) is 11.9. The Labute approximate surface area is 148 Å². The number of hydrogen-bond acceptors (Lipinski definition) is 3. The Balaban J connectivity index is 1.41. The number of piperidine rings is 2. The van der Waals surface area contributed by atoms with E-state index in [9.17, 15) is 18.0 Å². The van der Waals surface area contributed by atoms with Gasteiger partial charge in [-0.25, -0.2) is 0 Å². The minimum absolute atomic E-state index is 0.125. The van der Waals surface area contributed by atoms with Crippen LogP contribution in [0.2, 0.25) is 0 Å². The lowest BCUT2D eigenvalue weighted by molar-refractivity contribution is -0.151. The summed E-state index contributed by atoms with van der Waals surface area (Å²) in [5, 5.41) is 0. The van der Waals surface area contributed by atoms with Gasteiger partial charge in [-0.3, -0.25) is 9.69 Å². The molecule has 0 saturated carbocycles. The van der Waals surface area contributed by atoms with Gasteiger partial charge in [0, 0.05) is 38.6 Å². The molecule has 0 aromatic carbocycles. The van der Waals surface area contributed by atoms with Gasteiger partial charge in [0.1, 0.15) is 0 Å². The standard InChI is InChI=1S/C18H30F3N3O/c19-18(20,21)14-22-10-12-24(13-11-22)17(25)7-6-15-4-3-9-23-8-2-1-5-16(15)23/h15-16H,1-14H2/t15-,16+/m0/s1. The number of rotatable bonds is 4. The van der Waals surface area contributed by atoms with Crippen LogP contribution in [-0.2, 0) is 4.79 Å². The fourth-order valence-electron chi connectivity index (χ4n) is 4.79. The molecule has 0 unspecified atom stereocenters. The number of fused-ring (bicyclic) bond motifs is 1. The lowest BCUT2D eigenvalue weighted by atomic mass is 9.81. The van der Waals surface area contributed by atoms with E-state index < -0.39 is 12.7 Å². The van der Waals surface area contributed by atoms with Gasteiger partial charge >= 0.3 is 6.18 Å². The van der Waals surface area contributed by atoms with Gasteiger partial charge in [0.25, 0.3) is 0 Å². The molecule has 2 atom stereocenters. The van der Waals surface area contributed by atoms with Crippen molar-refractivity contribution in [2.75, 3.05) is 45.8 Å². The van der Waals surface area contributed by atoms with E-state index in [4.69, 9.17) is 0 Å². The van der Waals surface area contributed by atoms with E-state index in [1.165, 1.54) is 50.1 Å². The third-order valence-corrected chi connectivity index (χ3v) is 6.09. The van der Waals surface area contributed by atoms with Crippen molar-refractivity contribution in [3.63, 3.8) is 0 Å². The molecule has 144 valence electrons. The van der Waals surface area contributed by atoms with Gasteiger partial charge in [-0.05, 0) is 51.1 Å². The molecule has 7 heteroatoms. The van der Waals surface area contributed by atoms with Crippen molar-refractivity contribution in [3.05, 3.63) is 0 Å². The number of carbonyl (C=O) groups excluding carboxylic acids is 1. The average Bonchev–Trinajstić information content (AvgIpc) is 2.59. The molecule has 3 rings (SSSR count). The van der Waals surface area contributed by atoms with Gasteiger partial charge in [0.05, 0.1) is 6.54 Å². The lowest BCUT2D eigenvalue weighted by Gasteiger charge is -2.44. The van der Waals surface area contributed by atoms with E-state index >= 15 is 0 Å². The van der Waals surface area contributed by atoms with Crippen LogP contribution in [0.15, 0.2) is 0 Å². The van der Waals surface area contributed by atoms with Gasteiger partial charge in [-0.2, -0.15) is 13.2 Å². The molecule has 3 heterocycles. The Bertz CT molecular complexity index is 447. The van der Waals surface area contributed by atoms with Crippen LogP contribution in [0.4, 0.5) is 13.2 Å². The first kappa shape index (κ1) is 19.0. The molecule has 0 aliphatic carbocycles. The minimum atomic E-state index is -4.15.